The van der Waals surface area contributed by atoms with Crippen molar-refractivity contribution in [2.75, 3.05) is 0 Å². The highest BCUT2D eigenvalue weighted by molar-refractivity contribution is 6.35. The smallest absolute Gasteiger partial charge is 0.339 e. The molecule has 0 saturated heterocycles. The second-order valence-corrected chi connectivity index (χ2v) is 3.93. The molecular formula is C11H8Cl2O3. The SMILES string of the molecule is CC(=O)/C(=C/c1ccc(Cl)cc1Cl)C(=O)O. The lowest BCUT2D eigenvalue weighted by Crippen LogP contribution is -2.08. The van der Waals surface area contributed by atoms with Crippen molar-refractivity contribution < 1.29 is 14.7 Å². The molecule has 0 atom stereocenters. The van der Waals surface area contributed by atoms with Gasteiger partial charge in [-0.1, -0.05) is 29.3 Å². The molecule has 0 aliphatic carbocycles. The number of carbonyl (C=O) groups is 2. The summed E-state index contributed by atoms with van der Waals surface area (Å²) in [5, 5.41) is 9.54. The molecule has 0 radical (unpaired) electrons. The summed E-state index contributed by atoms with van der Waals surface area (Å²) in [6.45, 7) is 1.18. The fourth-order valence-corrected chi connectivity index (χ4v) is 1.55. The third-order valence-corrected chi connectivity index (χ3v) is 2.43. The van der Waals surface area contributed by atoms with Crippen LogP contribution in [-0.4, -0.2) is 16.9 Å². The molecule has 1 aromatic carbocycles. The molecule has 84 valence electrons. The van der Waals surface area contributed by atoms with Crippen LogP contribution < -0.4 is 0 Å². The van der Waals surface area contributed by atoms with Gasteiger partial charge in [0.2, 0.25) is 0 Å². The average Bonchev–Trinajstić information content (AvgIpc) is 2.15. The molecule has 16 heavy (non-hydrogen) atoms. The van der Waals surface area contributed by atoms with Gasteiger partial charge in [0.1, 0.15) is 5.57 Å². The van der Waals surface area contributed by atoms with Crippen LogP contribution in [0.15, 0.2) is 23.8 Å². The van der Waals surface area contributed by atoms with E-state index in [0.29, 0.717) is 15.6 Å². The van der Waals surface area contributed by atoms with Gasteiger partial charge in [0, 0.05) is 10.0 Å². The topological polar surface area (TPSA) is 54.4 Å². The maximum absolute atomic E-state index is 11.0. The molecule has 0 unspecified atom stereocenters. The van der Waals surface area contributed by atoms with Crippen molar-refractivity contribution in [1.82, 2.24) is 0 Å². The maximum atomic E-state index is 11.0. The monoisotopic (exact) mass is 258 g/mol. The van der Waals surface area contributed by atoms with Crippen LogP contribution in [0.4, 0.5) is 0 Å². The van der Waals surface area contributed by atoms with Gasteiger partial charge in [-0.05, 0) is 30.7 Å². The Labute approximate surface area is 102 Å². The second-order valence-electron chi connectivity index (χ2n) is 3.09. The van der Waals surface area contributed by atoms with Crippen LogP contribution in [0.5, 0.6) is 0 Å². The number of aliphatic carboxylic acids is 1. The first kappa shape index (κ1) is 12.7. The Balaban J connectivity index is 3.23. The van der Waals surface area contributed by atoms with Gasteiger partial charge in [-0.25, -0.2) is 4.79 Å². The summed E-state index contributed by atoms with van der Waals surface area (Å²) in [5.41, 5.74) is 0.128. The number of carboxylic acid groups (broad SMARTS) is 1. The van der Waals surface area contributed by atoms with Crippen LogP contribution in [0, 0.1) is 0 Å². The van der Waals surface area contributed by atoms with Crippen molar-refractivity contribution in [2.45, 2.75) is 6.92 Å². The van der Waals surface area contributed by atoms with Gasteiger partial charge in [-0.2, -0.15) is 0 Å². The number of ketones is 1. The highest BCUT2D eigenvalue weighted by Gasteiger charge is 2.13. The molecule has 1 rings (SSSR count). The predicted octanol–water partition coefficient (Wildman–Crippen LogP) is 3.05. The first-order valence-electron chi connectivity index (χ1n) is 4.33. The lowest BCUT2D eigenvalue weighted by Gasteiger charge is -2.01. The molecule has 0 saturated carbocycles. The third-order valence-electron chi connectivity index (χ3n) is 1.87. The van der Waals surface area contributed by atoms with E-state index in [1.165, 1.54) is 19.1 Å². The zero-order valence-electron chi connectivity index (χ0n) is 8.33. The summed E-state index contributed by atoms with van der Waals surface area (Å²) in [5.74, 6) is -1.81. The number of carbonyl (C=O) groups excluding carboxylic acids is 1. The van der Waals surface area contributed by atoms with Crippen molar-refractivity contribution in [1.29, 1.82) is 0 Å². The molecular weight excluding hydrogens is 251 g/mol. The third kappa shape index (κ3) is 3.08. The van der Waals surface area contributed by atoms with Gasteiger partial charge in [0.15, 0.2) is 5.78 Å². The number of carboxylic acids is 1. The molecule has 0 aliphatic heterocycles. The summed E-state index contributed by atoms with van der Waals surface area (Å²) in [6.07, 6.45) is 1.23. The van der Waals surface area contributed by atoms with Crippen LogP contribution in [0.3, 0.4) is 0 Å². The van der Waals surface area contributed by atoms with Crippen molar-refractivity contribution in [2.24, 2.45) is 0 Å². The summed E-state index contributed by atoms with van der Waals surface area (Å²) in [6, 6.07) is 4.60. The van der Waals surface area contributed by atoms with Crippen molar-refractivity contribution >= 4 is 41.0 Å². The van der Waals surface area contributed by atoms with E-state index in [-0.39, 0.29) is 5.57 Å². The molecule has 3 nitrogen and oxygen atoms in total. The van der Waals surface area contributed by atoms with Gasteiger partial charge >= 0.3 is 5.97 Å². The van der Waals surface area contributed by atoms with E-state index in [1.807, 2.05) is 0 Å². The normalized spacial score (nSPS) is 11.3. The highest BCUT2D eigenvalue weighted by atomic mass is 35.5. The first-order chi connectivity index (χ1) is 7.41. The lowest BCUT2D eigenvalue weighted by molar-refractivity contribution is -0.134. The van der Waals surface area contributed by atoms with Crippen molar-refractivity contribution in [3.05, 3.63) is 39.4 Å². The lowest BCUT2D eigenvalue weighted by atomic mass is 10.1. The largest absolute Gasteiger partial charge is 0.478 e. The molecule has 0 fully saturated rings. The summed E-state index contributed by atoms with van der Waals surface area (Å²) < 4.78 is 0. The van der Waals surface area contributed by atoms with Gasteiger partial charge in [-0.15, -0.1) is 0 Å². The summed E-state index contributed by atoms with van der Waals surface area (Å²) in [7, 11) is 0. The zero-order chi connectivity index (χ0) is 12.3. The Bertz CT molecular complexity index is 462. The number of hydrogen-bond acceptors (Lipinski definition) is 2. The van der Waals surface area contributed by atoms with E-state index >= 15 is 0 Å². The Morgan fingerprint density at radius 3 is 2.38 bits per heavy atom. The fraction of sp³-hybridized carbons (Fsp3) is 0.0909. The molecule has 1 aromatic rings. The standard InChI is InChI=1S/C11H8Cl2O3/c1-6(14)9(11(15)16)4-7-2-3-8(12)5-10(7)13/h2-5H,1H3,(H,15,16)/b9-4-. The first-order valence-corrected chi connectivity index (χ1v) is 5.08. The van der Waals surface area contributed by atoms with Gasteiger partial charge in [0.05, 0.1) is 0 Å². The Kier molecular flexibility index (Phi) is 4.10. The van der Waals surface area contributed by atoms with Crippen LogP contribution in [0.1, 0.15) is 12.5 Å². The molecule has 0 aromatic heterocycles. The molecule has 5 heteroatoms. The van der Waals surface area contributed by atoms with Crippen molar-refractivity contribution in [3.63, 3.8) is 0 Å². The van der Waals surface area contributed by atoms with Gasteiger partial charge in [0.25, 0.3) is 0 Å². The number of hydrogen-bond donors (Lipinski definition) is 1. The van der Waals surface area contributed by atoms with E-state index in [0.717, 1.165) is 0 Å². The molecule has 0 aliphatic rings. The quantitative estimate of drug-likeness (QED) is 0.515. The molecule has 0 bridgehead atoms. The van der Waals surface area contributed by atoms with Crippen LogP contribution >= 0.6 is 23.2 Å². The second kappa shape index (κ2) is 5.14. The van der Waals surface area contributed by atoms with E-state index in [2.05, 4.69) is 0 Å². The Morgan fingerprint density at radius 2 is 1.94 bits per heavy atom. The minimum absolute atomic E-state index is 0.299. The van der Waals surface area contributed by atoms with Crippen molar-refractivity contribution in [3.8, 4) is 0 Å². The molecule has 0 amide bonds. The number of benzene rings is 1. The van der Waals surface area contributed by atoms with E-state index < -0.39 is 11.8 Å². The van der Waals surface area contributed by atoms with E-state index in [1.54, 1.807) is 12.1 Å². The molecule has 0 spiro atoms. The number of rotatable bonds is 3. The Morgan fingerprint density at radius 1 is 1.31 bits per heavy atom. The van der Waals surface area contributed by atoms with E-state index in [4.69, 9.17) is 28.3 Å². The minimum Gasteiger partial charge on any atom is -0.478 e. The maximum Gasteiger partial charge on any atom is 0.339 e. The number of Topliss-reactive ketones (excluding diaryl/α,β-unsaturated/α-hetero) is 1. The van der Waals surface area contributed by atoms with Gasteiger partial charge in [-0.3, -0.25) is 4.79 Å². The number of halogens is 2. The molecule has 0 heterocycles. The average molecular weight is 259 g/mol. The zero-order valence-corrected chi connectivity index (χ0v) is 9.84. The van der Waals surface area contributed by atoms with E-state index in [9.17, 15) is 9.59 Å². The highest BCUT2D eigenvalue weighted by Crippen LogP contribution is 2.23. The summed E-state index contributed by atoms with van der Waals surface area (Å²) in [4.78, 5) is 21.8. The predicted molar refractivity (Wildman–Crippen MR) is 62.8 cm³/mol. The van der Waals surface area contributed by atoms with Crippen LogP contribution in [-0.2, 0) is 9.59 Å². The molecule has 1 N–H and O–H groups in total. The van der Waals surface area contributed by atoms with Crippen LogP contribution in [0.25, 0.3) is 6.08 Å². The minimum atomic E-state index is -1.28. The fourth-order valence-electron chi connectivity index (χ4n) is 1.09. The Hall–Kier alpha value is -1.32. The van der Waals surface area contributed by atoms with Gasteiger partial charge < -0.3 is 5.11 Å². The van der Waals surface area contributed by atoms with Crippen LogP contribution in [0.2, 0.25) is 10.0 Å². The summed E-state index contributed by atoms with van der Waals surface area (Å²) >= 11 is 11.5.